The number of hydrogen-bond donors (Lipinski definition) is 3. The Bertz CT molecular complexity index is 1120. The summed E-state index contributed by atoms with van der Waals surface area (Å²) in [5, 5.41) is 16.5. The van der Waals surface area contributed by atoms with Gasteiger partial charge in [0.2, 0.25) is 5.91 Å². The van der Waals surface area contributed by atoms with Gasteiger partial charge in [-0.05, 0) is 56.4 Å². The Labute approximate surface area is 225 Å². The minimum absolute atomic E-state index is 0.169. The number of amides is 2. The lowest BCUT2D eigenvalue weighted by atomic mass is 9.78. The van der Waals surface area contributed by atoms with Crippen molar-refractivity contribution >= 4 is 11.8 Å². The van der Waals surface area contributed by atoms with Crippen LogP contribution in [-0.4, -0.2) is 71.2 Å². The number of carbonyl (C=O) groups excluding carboxylic acids is 2. The molecule has 3 N–H and O–H groups in total. The minimum Gasteiger partial charge on any atom is -0.385 e. The number of benzene rings is 1. The van der Waals surface area contributed by atoms with Gasteiger partial charge in [0, 0.05) is 49.3 Å². The molecule has 0 bridgehead atoms. The van der Waals surface area contributed by atoms with Gasteiger partial charge in [-0.15, -0.1) is 0 Å². The van der Waals surface area contributed by atoms with Crippen molar-refractivity contribution < 1.29 is 32.6 Å². The van der Waals surface area contributed by atoms with E-state index in [-0.39, 0.29) is 30.3 Å². The molecule has 1 aromatic heterocycles. The van der Waals surface area contributed by atoms with Crippen LogP contribution in [0.2, 0.25) is 0 Å². The zero-order valence-corrected chi connectivity index (χ0v) is 21.9. The number of hydrogen-bond acceptors (Lipinski definition) is 6. The summed E-state index contributed by atoms with van der Waals surface area (Å²) in [5.74, 6) is -1.20. The molecule has 0 unspecified atom stereocenters. The number of aromatic nitrogens is 1. The predicted molar refractivity (Wildman–Crippen MR) is 138 cm³/mol. The van der Waals surface area contributed by atoms with E-state index in [2.05, 4.69) is 20.5 Å². The van der Waals surface area contributed by atoms with Crippen molar-refractivity contribution in [1.82, 2.24) is 20.5 Å². The molecular formula is C28H35F3N4O4. The van der Waals surface area contributed by atoms with Gasteiger partial charge < -0.3 is 20.5 Å². The average Bonchev–Trinajstić information content (AvgIpc) is 3.33. The normalized spacial score (nSPS) is 25.8. The van der Waals surface area contributed by atoms with Crippen LogP contribution in [0.4, 0.5) is 13.2 Å². The molecule has 0 radical (unpaired) electrons. The first kappa shape index (κ1) is 29.0. The van der Waals surface area contributed by atoms with Gasteiger partial charge in [-0.25, -0.2) is 0 Å². The highest BCUT2D eigenvalue weighted by Gasteiger charge is 2.42. The maximum absolute atomic E-state index is 13.0. The molecule has 2 atom stereocenters. The molecule has 8 nitrogen and oxygen atoms in total. The molecule has 1 aliphatic heterocycles. The van der Waals surface area contributed by atoms with Gasteiger partial charge in [-0.3, -0.25) is 19.5 Å². The maximum atomic E-state index is 13.0. The Morgan fingerprint density at radius 2 is 1.95 bits per heavy atom. The van der Waals surface area contributed by atoms with Gasteiger partial charge in [0.25, 0.3) is 5.91 Å². The lowest BCUT2D eigenvalue weighted by Gasteiger charge is -2.39. The highest BCUT2D eigenvalue weighted by atomic mass is 19.4. The summed E-state index contributed by atoms with van der Waals surface area (Å²) in [5.41, 5.74) is -1.17. The number of nitrogens with one attached hydrogen (secondary N) is 2. The van der Waals surface area contributed by atoms with E-state index in [0.717, 1.165) is 43.0 Å². The molecule has 1 aliphatic carbocycles. The third-order valence-electron chi connectivity index (χ3n) is 7.54. The summed E-state index contributed by atoms with van der Waals surface area (Å²) < 4.78 is 44.9. The molecule has 2 aliphatic rings. The lowest BCUT2D eigenvalue weighted by molar-refractivity contribution is -0.137. The largest absolute Gasteiger partial charge is 0.416 e. The molecule has 1 saturated heterocycles. The van der Waals surface area contributed by atoms with Crippen molar-refractivity contribution in [3.8, 4) is 0 Å². The van der Waals surface area contributed by atoms with Crippen LogP contribution in [0.5, 0.6) is 0 Å². The molecule has 212 valence electrons. The quantitative estimate of drug-likeness (QED) is 0.445. The minimum atomic E-state index is -4.56. The van der Waals surface area contributed by atoms with Crippen LogP contribution in [0, 0.1) is 0 Å². The van der Waals surface area contributed by atoms with Crippen molar-refractivity contribution in [1.29, 1.82) is 0 Å². The van der Waals surface area contributed by atoms with E-state index < -0.39 is 29.2 Å². The van der Waals surface area contributed by atoms with Crippen LogP contribution in [0.3, 0.4) is 0 Å². The van der Waals surface area contributed by atoms with Crippen molar-refractivity contribution in [2.75, 3.05) is 26.2 Å². The molecular weight excluding hydrogens is 513 g/mol. The number of carbonyl (C=O) groups is 2. The van der Waals surface area contributed by atoms with E-state index in [9.17, 15) is 27.9 Å². The molecule has 1 aromatic carbocycles. The highest BCUT2D eigenvalue weighted by Crippen LogP contribution is 2.39. The Hall–Kier alpha value is -3.02. The van der Waals surface area contributed by atoms with Crippen LogP contribution in [0.1, 0.15) is 60.5 Å². The van der Waals surface area contributed by atoms with Crippen LogP contribution in [-0.2, 0) is 21.3 Å². The van der Waals surface area contributed by atoms with Crippen LogP contribution in [0.15, 0.2) is 48.8 Å². The van der Waals surface area contributed by atoms with E-state index in [0.29, 0.717) is 32.5 Å². The molecule has 2 aromatic rings. The summed E-state index contributed by atoms with van der Waals surface area (Å²) in [4.78, 5) is 31.5. The molecule has 11 heteroatoms. The number of pyridine rings is 1. The smallest absolute Gasteiger partial charge is 0.385 e. The van der Waals surface area contributed by atoms with Crippen molar-refractivity contribution in [2.45, 2.75) is 69.0 Å². The molecule has 0 spiro atoms. The first-order chi connectivity index (χ1) is 18.6. The summed E-state index contributed by atoms with van der Waals surface area (Å²) >= 11 is 0. The number of ether oxygens (including phenoxy) is 1. The van der Waals surface area contributed by atoms with Crippen LogP contribution in [0.25, 0.3) is 0 Å². The van der Waals surface area contributed by atoms with Crippen molar-refractivity contribution in [3.63, 3.8) is 0 Å². The van der Waals surface area contributed by atoms with Crippen molar-refractivity contribution in [3.05, 3.63) is 65.5 Å². The number of nitrogens with zero attached hydrogens (tertiary/aromatic N) is 2. The zero-order valence-electron chi connectivity index (χ0n) is 21.9. The van der Waals surface area contributed by atoms with Crippen molar-refractivity contribution in [2.24, 2.45) is 0 Å². The lowest BCUT2D eigenvalue weighted by Crippen LogP contribution is -2.48. The fourth-order valence-corrected chi connectivity index (χ4v) is 5.41. The van der Waals surface area contributed by atoms with E-state index in [1.165, 1.54) is 6.07 Å². The molecule has 2 amide bonds. The van der Waals surface area contributed by atoms with Gasteiger partial charge in [0.1, 0.15) is 0 Å². The number of aliphatic hydroxyl groups is 1. The fraction of sp³-hybridized carbons (Fsp3) is 0.536. The molecule has 2 heterocycles. The Balaban J connectivity index is 1.31. The van der Waals surface area contributed by atoms with Gasteiger partial charge in [0.15, 0.2) is 0 Å². The second-order valence-corrected chi connectivity index (χ2v) is 10.3. The molecule has 2 fully saturated rings. The topological polar surface area (TPSA) is 104 Å². The summed E-state index contributed by atoms with van der Waals surface area (Å²) in [6, 6.07) is 7.73. The number of rotatable bonds is 9. The maximum Gasteiger partial charge on any atom is 0.416 e. The Morgan fingerprint density at radius 3 is 2.62 bits per heavy atom. The number of halogens is 3. The monoisotopic (exact) mass is 548 g/mol. The van der Waals surface area contributed by atoms with Gasteiger partial charge in [0.05, 0.1) is 29.9 Å². The third kappa shape index (κ3) is 7.34. The highest BCUT2D eigenvalue weighted by molar-refractivity contribution is 5.96. The standard InChI is InChI=1S/C28H35F3N4O4/c1-2-13-39-24-18-35(22-8-10-27(38,11-9-22)21-7-4-12-32-15-21)17-23(24)34-25(36)16-33-26(37)19-5-3-6-20(14-19)28(29,30)31/h3-7,12,14-15,22-24,38H,2,8-11,13,16-18H2,1H3,(H,33,37)(H,34,36)/t22?,23-,24-,27?/m0/s1. The summed E-state index contributed by atoms with van der Waals surface area (Å²) in [6.07, 6.45) is 2.23. The SMILES string of the molecule is CCCO[C@H]1CN(C2CCC(O)(c3cccnc3)CC2)C[C@@H]1NC(=O)CNC(=O)c1cccc(C(F)(F)F)c1. The van der Waals surface area contributed by atoms with Gasteiger partial charge in [-0.2, -0.15) is 13.2 Å². The molecule has 39 heavy (non-hydrogen) atoms. The number of likely N-dealkylation sites (tertiary alicyclic amines) is 1. The summed E-state index contributed by atoms with van der Waals surface area (Å²) in [6.45, 7) is 3.38. The Kier molecular flexibility index (Phi) is 9.24. The summed E-state index contributed by atoms with van der Waals surface area (Å²) in [7, 11) is 0. The zero-order chi connectivity index (χ0) is 28.0. The first-order valence-corrected chi connectivity index (χ1v) is 13.3. The second kappa shape index (κ2) is 12.4. The third-order valence-corrected chi connectivity index (χ3v) is 7.54. The fourth-order valence-electron chi connectivity index (χ4n) is 5.41. The van der Waals surface area contributed by atoms with Gasteiger partial charge in [-0.1, -0.05) is 19.1 Å². The second-order valence-electron chi connectivity index (χ2n) is 10.3. The van der Waals surface area contributed by atoms with Crippen LogP contribution >= 0.6 is 0 Å². The van der Waals surface area contributed by atoms with E-state index in [1.54, 1.807) is 12.4 Å². The van der Waals surface area contributed by atoms with E-state index in [4.69, 9.17) is 4.74 Å². The molecule has 1 saturated carbocycles. The van der Waals surface area contributed by atoms with E-state index in [1.807, 2.05) is 19.1 Å². The number of alkyl halides is 3. The average molecular weight is 549 g/mol. The van der Waals surface area contributed by atoms with Crippen LogP contribution < -0.4 is 10.6 Å². The Morgan fingerprint density at radius 1 is 1.18 bits per heavy atom. The molecule has 4 rings (SSSR count). The first-order valence-electron chi connectivity index (χ1n) is 13.3. The van der Waals surface area contributed by atoms with Gasteiger partial charge >= 0.3 is 6.18 Å². The van der Waals surface area contributed by atoms with E-state index >= 15 is 0 Å². The predicted octanol–water partition coefficient (Wildman–Crippen LogP) is 3.26.